The second-order valence-electron chi connectivity index (χ2n) is 8.61. The van der Waals surface area contributed by atoms with Crippen LogP contribution in [0.5, 0.6) is 11.5 Å². The molecule has 0 bridgehead atoms. The van der Waals surface area contributed by atoms with Crippen LogP contribution >= 0.6 is 0 Å². The van der Waals surface area contributed by atoms with Crippen molar-refractivity contribution in [3.63, 3.8) is 0 Å². The minimum absolute atomic E-state index is 0.0812. The molecule has 3 rings (SSSR count). The van der Waals surface area contributed by atoms with E-state index in [-0.39, 0.29) is 16.4 Å². The first-order valence-corrected chi connectivity index (χ1v) is 11.9. The van der Waals surface area contributed by atoms with Gasteiger partial charge in [0.1, 0.15) is 17.1 Å². The average molecular weight is 421 g/mol. The molecule has 0 saturated carbocycles. The molecule has 0 aromatic heterocycles. The molecule has 0 atom stereocenters. The summed E-state index contributed by atoms with van der Waals surface area (Å²) in [6.07, 6.45) is 0. The molecule has 3 aromatic carbocycles. The lowest BCUT2D eigenvalue weighted by Crippen LogP contribution is -2.68. The van der Waals surface area contributed by atoms with Crippen molar-refractivity contribution in [3.8, 4) is 11.5 Å². The highest BCUT2D eigenvalue weighted by Crippen LogP contribution is 2.41. The number of phenols is 1. The summed E-state index contributed by atoms with van der Waals surface area (Å²) in [6.45, 7) is 9.90. The van der Waals surface area contributed by atoms with E-state index in [9.17, 15) is 15.0 Å². The van der Waals surface area contributed by atoms with Gasteiger partial charge in [0, 0.05) is 5.56 Å². The predicted octanol–water partition coefficient (Wildman–Crippen LogP) is 4.65. The molecular weight excluding hydrogens is 392 g/mol. The normalized spacial score (nSPS) is 11.9. The maximum absolute atomic E-state index is 11.6. The minimum atomic E-state index is -2.87. The number of rotatable bonds is 5. The average Bonchev–Trinajstić information content (AvgIpc) is 2.70. The number of hydrogen-bond donors (Lipinski definition) is 2. The highest BCUT2D eigenvalue weighted by atomic mass is 28.4. The van der Waals surface area contributed by atoms with E-state index in [1.165, 1.54) is 0 Å². The van der Waals surface area contributed by atoms with Crippen molar-refractivity contribution in [2.45, 2.75) is 39.7 Å². The standard InChI is InChI=1S/C25H28O4Si/c1-17-16-21(18(2)23(26)22(17)24(27)28)29-30(25(3,4)5,19-12-8-6-9-13-19)20-14-10-7-11-15-20/h6-16,26H,1-5H3,(H,27,28). The third kappa shape index (κ3) is 3.61. The summed E-state index contributed by atoms with van der Waals surface area (Å²) in [5.41, 5.74) is 0.826. The largest absolute Gasteiger partial charge is 0.534 e. The first-order chi connectivity index (χ1) is 14.1. The lowest BCUT2D eigenvalue weighted by molar-refractivity contribution is 0.0692. The van der Waals surface area contributed by atoms with Gasteiger partial charge in [0.15, 0.2) is 0 Å². The number of aromatic hydroxyl groups is 1. The number of carboxylic acids is 1. The van der Waals surface area contributed by atoms with Crippen LogP contribution in [0.15, 0.2) is 66.7 Å². The Balaban J connectivity index is 2.32. The molecule has 0 amide bonds. The molecule has 0 radical (unpaired) electrons. The molecule has 0 fully saturated rings. The molecule has 0 saturated heterocycles. The van der Waals surface area contributed by atoms with Crippen molar-refractivity contribution in [1.29, 1.82) is 0 Å². The molecule has 0 spiro atoms. The maximum Gasteiger partial charge on any atom is 0.339 e. The number of carboxylic acid groups (broad SMARTS) is 1. The third-order valence-corrected chi connectivity index (χ3v) is 10.5. The van der Waals surface area contributed by atoms with Gasteiger partial charge in [-0.15, -0.1) is 0 Å². The van der Waals surface area contributed by atoms with Crippen molar-refractivity contribution in [3.05, 3.63) is 83.4 Å². The van der Waals surface area contributed by atoms with Gasteiger partial charge in [0.2, 0.25) is 0 Å². The second-order valence-corrected chi connectivity index (χ2v) is 12.8. The molecule has 0 unspecified atom stereocenters. The van der Waals surface area contributed by atoms with E-state index in [2.05, 4.69) is 45.0 Å². The number of hydrogen-bond acceptors (Lipinski definition) is 3. The fourth-order valence-corrected chi connectivity index (χ4v) is 8.53. The van der Waals surface area contributed by atoms with Crippen molar-refractivity contribution in [1.82, 2.24) is 0 Å². The van der Waals surface area contributed by atoms with Crippen molar-refractivity contribution in [2.75, 3.05) is 0 Å². The van der Waals surface area contributed by atoms with Crippen LogP contribution in [0.4, 0.5) is 0 Å². The first kappa shape index (κ1) is 21.7. The van der Waals surface area contributed by atoms with Crippen LogP contribution in [0.2, 0.25) is 5.04 Å². The van der Waals surface area contributed by atoms with Crippen molar-refractivity contribution < 1.29 is 19.4 Å². The van der Waals surface area contributed by atoms with Crippen LogP contribution in [0.3, 0.4) is 0 Å². The molecule has 0 heterocycles. The van der Waals surface area contributed by atoms with Crippen molar-refractivity contribution in [2.24, 2.45) is 0 Å². The quantitative estimate of drug-likeness (QED) is 0.590. The van der Waals surface area contributed by atoms with Crippen LogP contribution in [0, 0.1) is 13.8 Å². The smallest absolute Gasteiger partial charge is 0.339 e. The Kier molecular flexibility index (Phi) is 5.77. The van der Waals surface area contributed by atoms with Crippen molar-refractivity contribution >= 4 is 24.7 Å². The van der Waals surface area contributed by atoms with Crippen LogP contribution in [0.25, 0.3) is 0 Å². The Labute approximate surface area is 178 Å². The predicted molar refractivity (Wildman–Crippen MR) is 123 cm³/mol. The lowest BCUT2D eigenvalue weighted by Gasteiger charge is -2.43. The molecule has 0 aliphatic carbocycles. The molecule has 30 heavy (non-hydrogen) atoms. The number of carbonyl (C=O) groups is 1. The lowest BCUT2D eigenvalue weighted by atomic mass is 10.0. The number of aryl methyl sites for hydroxylation is 1. The highest BCUT2D eigenvalue weighted by molar-refractivity contribution is 7.00. The van der Waals surface area contributed by atoms with Gasteiger partial charge in [-0.1, -0.05) is 81.4 Å². The Hall–Kier alpha value is -3.05. The van der Waals surface area contributed by atoms with Crippen LogP contribution in [0.1, 0.15) is 42.3 Å². The topological polar surface area (TPSA) is 66.8 Å². The van der Waals surface area contributed by atoms with Gasteiger partial charge < -0.3 is 14.6 Å². The Morgan fingerprint density at radius 1 is 0.900 bits per heavy atom. The SMILES string of the molecule is Cc1cc(O[Si](c2ccccc2)(c2ccccc2)C(C)(C)C)c(C)c(O)c1C(=O)O. The zero-order valence-electron chi connectivity index (χ0n) is 18.1. The van der Waals surface area contributed by atoms with Crippen LogP contribution in [-0.4, -0.2) is 24.5 Å². The molecule has 0 aliphatic heterocycles. The van der Waals surface area contributed by atoms with Gasteiger partial charge in [0.05, 0.1) is 0 Å². The summed E-state index contributed by atoms with van der Waals surface area (Å²) < 4.78 is 6.95. The first-order valence-electron chi connectivity index (χ1n) is 9.96. The van der Waals surface area contributed by atoms with E-state index in [1.807, 2.05) is 36.4 Å². The summed E-state index contributed by atoms with van der Waals surface area (Å²) in [5.74, 6) is -0.871. The molecular formula is C25H28O4Si. The summed E-state index contributed by atoms with van der Waals surface area (Å²) in [5, 5.41) is 22.1. The Morgan fingerprint density at radius 3 is 1.77 bits per heavy atom. The van der Waals surface area contributed by atoms with Gasteiger partial charge in [-0.2, -0.15) is 0 Å². The van der Waals surface area contributed by atoms with Gasteiger partial charge >= 0.3 is 14.3 Å². The zero-order valence-corrected chi connectivity index (χ0v) is 19.1. The van der Waals surface area contributed by atoms with Gasteiger partial charge in [-0.25, -0.2) is 4.79 Å². The Morgan fingerprint density at radius 2 is 1.37 bits per heavy atom. The van der Waals surface area contributed by atoms with Gasteiger partial charge in [0.25, 0.3) is 0 Å². The molecule has 3 aromatic rings. The van der Waals surface area contributed by atoms with E-state index >= 15 is 0 Å². The molecule has 4 nitrogen and oxygen atoms in total. The molecule has 2 N–H and O–H groups in total. The van der Waals surface area contributed by atoms with Gasteiger partial charge in [-0.3, -0.25) is 0 Å². The summed E-state index contributed by atoms with van der Waals surface area (Å²) in [6, 6.07) is 22.1. The van der Waals surface area contributed by atoms with Crippen LogP contribution < -0.4 is 14.8 Å². The fourth-order valence-electron chi connectivity index (χ4n) is 4.06. The van der Waals surface area contributed by atoms with E-state index in [1.54, 1.807) is 19.9 Å². The fraction of sp³-hybridized carbons (Fsp3) is 0.240. The highest BCUT2D eigenvalue weighted by Gasteiger charge is 2.52. The second kappa shape index (κ2) is 7.99. The zero-order chi connectivity index (χ0) is 22.1. The summed E-state index contributed by atoms with van der Waals surface area (Å²) >= 11 is 0. The summed E-state index contributed by atoms with van der Waals surface area (Å²) in [7, 11) is -2.87. The Bertz CT molecular complexity index is 1010. The van der Waals surface area contributed by atoms with Crippen LogP contribution in [-0.2, 0) is 0 Å². The molecule has 5 heteroatoms. The van der Waals surface area contributed by atoms with Gasteiger partial charge in [-0.05, 0) is 40.9 Å². The number of aromatic carboxylic acids is 1. The summed E-state index contributed by atoms with van der Waals surface area (Å²) in [4.78, 5) is 11.6. The molecule has 0 aliphatic rings. The maximum atomic E-state index is 11.6. The van der Waals surface area contributed by atoms with E-state index in [0.717, 1.165) is 10.4 Å². The third-order valence-electron chi connectivity index (χ3n) is 5.60. The molecule has 156 valence electrons. The van der Waals surface area contributed by atoms with E-state index in [4.69, 9.17) is 4.43 Å². The van der Waals surface area contributed by atoms with E-state index in [0.29, 0.717) is 16.9 Å². The minimum Gasteiger partial charge on any atom is -0.534 e. The number of benzene rings is 3. The van der Waals surface area contributed by atoms with E-state index < -0.39 is 14.3 Å². The monoisotopic (exact) mass is 420 g/mol.